The van der Waals surface area contributed by atoms with E-state index in [1.165, 1.54) is 24.0 Å². The molecule has 5 heteroatoms. The number of thioether (sulfide) groups is 1. The molecule has 1 fully saturated rings. The van der Waals surface area contributed by atoms with Crippen LogP contribution < -0.4 is 11.1 Å². The van der Waals surface area contributed by atoms with Crippen molar-refractivity contribution >= 4 is 29.1 Å². The third-order valence-electron chi connectivity index (χ3n) is 2.90. The highest BCUT2D eigenvalue weighted by Gasteiger charge is 2.15. The van der Waals surface area contributed by atoms with Crippen LogP contribution in [0.2, 0.25) is 0 Å². The molecule has 1 aromatic carbocycles. The van der Waals surface area contributed by atoms with Gasteiger partial charge in [0.15, 0.2) is 0 Å². The molecule has 4 nitrogen and oxygen atoms in total. The number of nitrogens with one attached hydrogen (secondary N) is 1. The third kappa shape index (κ3) is 3.06. The number of hydrogen-bond acceptors (Lipinski definition) is 4. The lowest BCUT2D eigenvalue weighted by Gasteiger charge is -2.13. The number of carbonyl (C=O) groups is 1. The maximum absolute atomic E-state index is 10.8. The number of carboxylic acids is 1. The van der Waals surface area contributed by atoms with Gasteiger partial charge in [-0.2, -0.15) is 11.8 Å². The predicted octanol–water partition coefficient (Wildman–Crippen LogP) is 2.13. The van der Waals surface area contributed by atoms with Crippen molar-refractivity contribution in [2.45, 2.75) is 6.42 Å². The van der Waals surface area contributed by atoms with Crippen LogP contribution in [0.4, 0.5) is 11.4 Å². The van der Waals surface area contributed by atoms with Gasteiger partial charge in [0.1, 0.15) is 0 Å². The van der Waals surface area contributed by atoms with Crippen molar-refractivity contribution in [1.82, 2.24) is 0 Å². The lowest BCUT2D eigenvalue weighted by atomic mass is 10.1. The Labute approximate surface area is 105 Å². The number of nitrogen functional groups attached to an aromatic ring is 1. The van der Waals surface area contributed by atoms with Gasteiger partial charge in [-0.25, -0.2) is 4.79 Å². The Balaban J connectivity index is 1.98. The second-order valence-corrected chi connectivity index (χ2v) is 5.37. The molecule has 0 bridgehead atoms. The molecule has 1 aromatic rings. The van der Waals surface area contributed by atoms with Crippen LogP contribution in [0.5, 0.6) is 0 Å². The molecule has 0 saturated carbocycles. The van der Waals surface area contributed by atoms with Gasteiger partial charge >= 0.3 is 5.97 Å². The molecule has 1 atom stereocenters. The zero-order valence-corrected chi connectivity index (χ0v) is 10.3. The van der Waals surface area contributed by atoms with Gasteiger partial charge in [0.05, 0.1) is 16.9 Å². The summed E-state index contributed by atoms with van der Waals surface area (Å²) in [5.74, 6) is 2.17. The minimum Gasteiger partial charge on any atom is -0.478 e. The number of hydrogen-bond donors (Lipinski definition) is 3. The van der Waals surface area contributed by atoms with Crippen LogP contribution in [0.1, 0.15) is 16.8 Å². The number of benzene rings is 1. The standard InChI is InChI=1S/C12H16N2O2S/c13-10-5-9(12(15)16)1-2-11(10)14-6-8-3-4-17-7-8/h1-2,5,8,14H,3-4,6-7,13H2,(H,15,16). The van der Waals surface area contributed by atoms with Crippen molar-refractivity contribution in [3.05, 3.63) is 23.8 Å². The fraction of sp³-hybridized carbons (Fsp3) is 0.417. The van der Waals surface area contributed by atoms with Crippen LogP contribution in [-0.2, 0) is 0 Å². The first-order valence-electron chi connectivity index (χ1n) is 5.61. The maximum Gasteiger partial charge on any atom is 0.335 e. The molecule has 1 saturated heterocycles. The number of rotatable bonds is 4. The van der Waals surface area contributed by atoms with Crippen molar-refractivity contribution in [3.8, 4) is 0 Å². The molecule has 1 heterocycles. The van der Waals surface area contributed by atoms with Gasteiger partial charge in [-0.1, -0.05) is 0 Å². The molecule has 0 spiro atoms. The average Bonchev–Trinajstić information content (AvgIpc) is 2.80. The third-order valence-corrected chi connectivity index (χ3v) is 4.14. The first-order valence-corrected chi connectivity index (χ1v) is 6.76. The van der Waals surface area contributed by atoms with Gasteiger partial charge in [-0.15, -0.1) is 0 Å². The van der Waals surface area contributed by atoms with E-state index in [0.29, 0.717) is 11.6 Å². The van der Waals surface area contributed by atoms with Crippen molar-refractivity contribution in [1.29, 1.82) is 0 Å². The number of nitrogens with two attached hydrogens (primary N) is 1. The summed E-state index contributed by atoms with van der Waals surface area (Å²) in [5, 5.41) is 12.1. The number of aromatic carboxylic acids is 1. The Kier molecular flexibility index (Phi) is 3.78. The summed E-state index contributed by atoms with van der Waals surface area (Å²) in [6.07, 6.45) is 1.24. The number of anilines is 2. The minimum atomic E-state index is -0.949. The molecular formula is C12H16N2O2S. The Bertz CT molecular complexity index is 417. The average molecular weight is 252 g/mol. The molecular weight excluding hydrogens is 236 g/mol. The summed E-state index contributed by atoms with van der Waals surface area (Å²) >= 11 is 1.98. The monoisotopic (exact) mass is 252 g/mol. The molecule has 17 heavy (non-hydrogen) atoms. The molecule has 0 radical (unpaired) electrons. The van der Waals surface area contributed by atoms with Crippen molar-refractivity contribution in [2.75, 3.05) is 29.1 Å². The molecule has 1 aliphatic rings. The van der Waals surface area contributed by atoms with Gasteiger partial charge in [-0.3, -0.25) is 0 Å². The lowest BCUT2D eigenvalue weighted by molar-refractivity contribution is 0.0697. The minimum absolute atomic E-state index is 0.226. The number of carboxylic acid groups (broad SMARTS) is 1. The van der Waals surface area contributed by atoms with Crippen LogP contribution in [0.15, 0.2) is 18.2 Å². The highest BCUT2D eigenvalue weighted by atomic mass is 32.2. The summed E-state index contributed by atoms with van der Waals surface area (Å²) in [5.41, 5.74) is 7.36. The fourth-order valence-corrected chi connectivity index (χ4v) is 3.14. The van der Waals surface area contributed by atoms with Crippen LogP contribution in [0.3, 0.4) is 0 Å². The SMILES string of the molecule is Nc1cc(C(=O)O)ccc1NCC1CCSC1. The molecule has 1 aliphatic heterocycles. The Morgan fingerprint density at radius 1 is 1.59 bits per heavy atom. The van der Waals surface area contributed by atoms with E-state index in [1.807, 2.05) is 11.8 Å². The van der Waals surface area contributed by atoms with E-state index in [4.69, 9.17) is 10.8 Å². The smallest absolute Gasteiger partial charge is 0.335 e. The fourth-order valence-electron chi connectivity index (χ4n) is 1.86. The van der Waals surface area contributed by atoms with Gasteiger partial charge in [-0.05, 0) is 42.0 Å². The summed E-state index contributed by atoms with van der Waals surface area (Å²) in [6, 6.07) is 4.80. The highest BCUT2D eigenvalue weighted by molar-refractivity contribution is 7.99. The Morgan fingerprint density at radius 2 is 2.41 bits per heavy atom. The van der Waals surface area contributed by atoms with Crippen LogP contribution in [-0.4, -0.2) is 29.1 Å². The Hall–Kier alpha value is -1.36. The molecule has 0 aliphatic carbocycles. The van der Waals surface area contributed by atoms with Gasteiger partial charge < -0.3 is 16.2 Å². The molecule has 92 valence electrons. The van der Waals surface area contributed by atoms with E-state index in [9.17, 15) is 4.79 Å². The van der Waals surface area contributed by atoms with Gasteiger partial charge in [0.2, 0.25) is 0 Å². The highest BCUT2D eigenvalue weighted by Crippen LogP contribution is 2.25. The molecule has 2 rings (SSSR count). The molecule has 0 amide bonds. The van der Waals surface area contributed by atoms with E-state index in [1.54, 1.807) is 12.1 Å². The van der Waals surface area contributed by atoms with E-state index in [2.05, 4.69) is 5.32 Å². The molecule has 4 N–H and O–H groups in total. The second-order valence-electron chi connectivity index (χ2n) is 4.22. The van der Waals surface area contributed by atoms with Crippen molar-refractivity contribution in [2.24, 2.45) is 5.92 Å². The first kappa shape index (κ1) is 12.1. The van der Waals surface area contributed by atoms with E-state index >= 15 is 0 Å². The van der Waals surface area contributed by atoms with Crippen LogP contribution >= 0.6 is 11.8 Å². The summed E-state index contributed by atoms with van der Waals surface area (Å²) in [6.45, 7) is 0.906. The topological polar surface area (TPSA) is 75.4 Å². The zero-order chi connectivity index (χ0) is 12.3. The van der Waals surface area contributed by atoms with E-state index in [-0.39, 0.29) is 5.56 Å². The van der Waals surface area contributed by atoms with Gasteiger partial charge in [0, 0.05) is 6.54 Å². The largest absolute Gasteiger partial charge is 0.478 e. The summed E-state index contributed by atoms with van der Waals surface area (Å²) in [4.78, 5) is 10.8. The normalized spacial score (nSPS) is 19.2. The summed E-state index contributed by atoms with van der Waals surface area (Å²) in [7, 11) is 0. The molecule has 1 unspecified atom stereocenters. The summed E-state index contributed by atoms with van der Waals surface area (Å²) < 4.78 is 0. The van der Waals surface area contributed by atoms with Crippen molar-refractivity contribution < 1.29 is 9.90 Å². The second kappa shape index (κ2) is 5.31. The van der Waals surface area contributed by atoms with Crippen molar-refractivity contribution in [3.63, 3.8) is 0 Å². The quantitative estimate of drug-likeness (QED) is 0.716. The van der Waals surface area contributed by atoms with Crippen LogP contribution in [0, 0.1) is 5.92 Å². The van der Waals surface area contributed by atoms with Crippen LogP contribution in [0.25, 0.3) is 0 Å². The van der Waals surface area contributed by atoms with Gasteiger partial charge in [0.25, 0.3) is 0 Å². The van der Waals surface area contributed by atoms with E-state index in [0.717, 1.165) is 12.2 Å². The molecule has 0 aromatic heterocycles. The predicted molar refractivity (Wildman–Crippen MR) is 71.7 cm³/mol. The lowest BCUT2D eigenvalue weighted by Crippen LogP contribution is -2.14. The maximum atomic E-state index is 10.8. The Morgan fingerprint density at radius 3 is 3.00 bits per heavy atom. The van der Waals surface area contributed by atoms with E-state index < -0.39 is 5.97 Å². The zero-order valence-electron chi connectivity index (χ0n) is 9.48. The first-order chi connectivity index (χ1) is 8.16.